The van der Waals surface area contributed by atoms with Crippen LogP contribution in [0.15, 0.2) is 83.4 Å². The summed E-state index contributed by atoms with van der Waals surface area (Å²) >= 11 is 8.13. The van der Waals surface area contributed by atoms with Crippen molar-refractivity contribution in [3.63, 3.8) is 0 Å². The Morgan fingerprint density at radius 3 is 2.49 bits per heavy atom. The molecule has 2 aromatic carbocycles. The third-order valence-corrected chi connectivity index (χ3v) is 8.89. The number of piperazine rings is 1. The minimum atomic E-state index is 0.461. The molecule has 3 aromatic heterocycles. The van der Waals surface area contributed by atoms with Crippen LogP contribution in [0.1, 0.15) is 11.3 Å². The highest BCUT2D eigenvalue weighted by Crippen LogP contribution is 2.36. The lowest BCUT2D eigenvalue weighted by Gasteiger charge is -2.32. The molecule has 0 amide bonds. The third-order valence-electron chi connectivity index (χ3n) is 7.31. The summed E-state index contributed by atoms with van der Waals surface area (Å²) in [6, 6.07) is 18.4. The molecule has 41 heavy (non-hydrogen) atoms. The van der Waals surface area contributed by atoms with Crippen LogP contribution >= 0.6 is 23.4 Å². The lowest BCUT2D eigenvalue weighted by atomic mass is 10.0. The summed E-state index contributed by atoms with van der Waals surface area (Å²) < 4.78 is 1.95. The normalized spacial score (nSPS) is 14.3. The number of nitriles is 1. The molecule has 0 radical (unpaired) electrons. The van der Waals surface area contributed by atoms with Crippen molar-refractivity contribution in [3.8, 4) is 17.2 Å². The number of halogens is 1. The molecule has 6 rings (SSSR count). The molecule has 1 aliphatic heterocycles. The zero-order valence-corrected chi connectivity index (χ0v) is 24.5. The fourth-order valence-corrected chi connectivity index (χ4v) is 5.97. The van der Waals surface area contributed by atoms with Gasteiger partial charge in [0.15, 0.2) is 5.16 Å². The maximum Gasteiger partial charge on any atom is 0.172 e. The van der Waals surface area contributed by atoms with Crippen LogP contribution in [-0.4, -0.2) is 62.5 Å². The van der Waals surface area contributed by atoms with Crippen LogP contribution < -0.4 is 5.32 Å². The van der Waals surface area contributed by atoms with Gasteiger partial charge >= 0.3 is 0 Å². The molecule has 0 spiro atoms. The largest absolute Gasteiger partial charge is 0.354 e. The highest BCUT2D eigenvalue weighted by Gasteiger charge is 2.15. The molecular weight excluding hydrogens is 552 g/mol. The Morgan fingerprint density at radius 1 is 0.951 bits per heavy atom. The first kappa shape index (κ1) is 27.2. The summed E-state index contributed by atoms with van der Waals surface area (Å²) in [5.41, 5.74) is 5.87. The first-order valence-corrected chi connectivity index (χ1v) is 14.6. The Morgan fingerprint density at radius 2 is 1.78 bits per heavy atom. The van der Waals surface area contributed by atoms with E-state index in [2.05, 4.69) is 50.3 Å². The zero-order chi connectivity index (χ0) is 28.3. The second kappa shape index (κ2) is 11.9. The Kier molecular flexibility index (Phi) is 7.90. The number of anilines is 2. The molecule has 5 aromatic rings. The van der Waals surface area contributed by atoms with E-state index < -0.39 is 0 Å². The van der Waals surface area contributed by atoms with E-state index in [4.69, 9.17) is 16.6 Å². The van der Waals surface area contributed by atoms with Gasteiger partial charge in [-0.05, 0) is 42.9 Å². The molecule has 4 heterocycles. The van der Waals surface area contributed by atoms with Gasteiger partial charge in [-0.25, -0.2) is 4.98 Å². The molecular formula is C31H29ClN8S. The summed E-state index contributed by atoms with van der Waals surface area (Å²) in [5, 5.41) is 15.6. The number of benzene rings is 2. The predicted molar refractivity (Wildman–Crippen MR) is 165 cm³/mol. The lowest BCUT2D eigenvalue weighted by molar-refractivity contribution is 0.147. The quantitative estimate of drug-likeness (QED) is 0.244. The maximum atomic E-state index is 9.83. The number of hydrogen-bond donors (Lipinski definition) is 1. The molecule has 10 heteroatoms. The number of likely N-dealkylation sites (N-methyl/N-ethyl adjacent to an activating group) is 1. The Bertz CT molecular complexity index is 1740. The van der Waals surface area contributed by atoms with Crippen LogP contribution in [0.2, 0.25) is 5.02 Å². The first-order chi connectivity index (χ1) is 20.0. The van der Waals surface area contributed by atoms with E-state index in [0.29, 0.717) is 16.3 Å². The van der Waals surface area contributed by atoms with Crippen LogP contribution in [0.25, 0.3) is 22.0 Å². The highest BCUT2D eigenvalue weighted by atomic mass is 35.5. The fraction of sp³-hybridized carbons (Fsp3) is 0.226. The maximum absolute atomic E-state index is 9.83. The summed E-state index contributed by atoms with van der Waals surface area (Å²) in [6.45, 7) is 5.19. The Hall–Kier alpha value is -3.94. The van der Waals surface area contributed by atoms with Crippen molar-refractivity contribution in [2.24, 2.45) is 7.05 Å². The van der Waals surface area contributed by atoms with Crippen molar-refractivity contribution in [1.82, 2.24) is 29.3 Å². The van der Waals surface area contributed by atoms with Crippen LogP contribution in [0.3, 0.4) is 0 Å². The summed E-state index contributed by atoms with van der Waals surface area (Å²) in [5.74, 6) is 0. The van der Waals surface area contributed by atoms with Gasteiger partial charge in [-0.2, -0.15) is 5.26 Å². The molecule has 1 saturated heterocycles. The number of nitrogens with one attached hydrogen (secondary N) is 1. The van der Waals surface area contributed by atoms with Crippen LogP contribution in [0.5, 0.6) is 0 Å². The summed E-state index contributed by atoms with van der Waals surface area (Å²) in [4.78, 5) is 19.4. The smallest absolute Gasteiger partial charge is 0.172 e. The Labute approximate surface area is 248 Å². The van der Waals surface area contributed by atoms with Crippen molar-refractivity contribution in [2.45, 2.75) is 16.6 Å². The number of rotatable bonds is 7. The highest BCUT2D eigenvalue weighted by molar-refractivity contribution is 7.99. The fourth-order valence-electron chi connectivity index (χ4n) is 4.87. The second-order valence-electron chi connectivity index (χ2n) is 10.2. The summed E-state index contributed by atoms with van der Waals surface area (Å²) in [6.07, 6.45) is 7.20. The van der Waals surface area contributed by atoms with Gasteiger partial charge in [0.1, 0.15) is 6.07 Å². The molecule has 1 fully saturated rings. The summed E-state index contributed by atoms with van der Waals surface area (Å²) in [7, 11) is 4.11. The van der Waals surface area contributed by atoms with Gasteiger partial charge in [0.05, 0.1) is 27.5 Å². The van der Waals surface area contributed by atoms with Crippen LogP contribution in [-0.2, 0) is 13.6 Å². The first-order valence-electron chi connectivity index (χ1n) is 13.4. The third kappa shape index (κ3) is 6.06. The van der Waals surface area contributed by atoms with Gasteiger partial charge < -0.3 is 14.8 Å². The van der Waals surface area contributed by atoms with Crippen molar-refractivity contribution >= 4 is 45.6 Å². The molecule has 0 bridgehead atoms. The molecule has 206 valence electrons. The molecule has 1 aliphatic rings. The van der Waals surface area contributed by atoms with Crippen molar-refractivity contribution in [3.05, 3.63) is 89.6 Å². The van der Waals surface area contributed by atoms with Gasteiger partial charge in [-0.15, -0.1) is 0 Å². The minimum absolute atomic E-state index is 0.461. The van der Waals surface area contributed by atoms with Gasteiger partial charge in [0, 0.05) is 86.1 Å². The van der Waals surface area contributed by atoms with Crippen molar-refractivity contribution in [1.29, 1.82) is 5.26 Å². The number of aryl methyl sites for hydroxylation is 1. The van der Waals surface area contributed by atoms with Crippen molar-refractivity contribution in [2.75, 3.05) is 38.5 Å². The number of hydrogen-bond acceptors (Lipinski definition) is 8. The van der Waals surface area contributed by atoms with E-state index in [1.807, 2.05) is 60.4 Å². The van der Waals surface area contributed by atoms with E-state index >= 15 is 0 Å². The molecule has 0 aliphatic carbocycles. The van der Waals surface area contributed by atoms with Crippen molar-refractivity contribution < 1.29 is 0 Å². The van der Waals surface area contributed by atoms with Gasteiger partial charge in [-0.1, -0.05) is 41.6 Å². The molecule has 0 unspecified atom stereocenters. The zero-order valence-electron chi connectivity index (χ0n) is 22.9. The Balaban J connectivity index is 1.22. The SMILES string of the molecule is CN1CCN(Cc2ccc(-c3ccc4c(Nc5ccc(Sc6nccn6C)c(Cl)c5)c(C#N)cnc4c3)cn2)CC1. The van der Waals surface area contributed by atoms with Gasteiger partial charge in [0.25, 0.3) is 0 Å². The number of fused-ring (bicyclic) bond motifs is 1. The lowest BCUT2D eigenvalue weighted by Crippen LogP contribution is -2.43. The standard InChI is InChI=1S/C31H29ClN8S/c1-38-11-13-40(14-12-38)20-25-5-3-22(18-35-25)21-4-7-26-28(15-21)36-19-23(17-33)30(26)37-24-6-8-29(27(32)16-24)41-31-34-9-10-39(31)2/h3-10,15-16,18-19H,11-14,20H2,1-2H3,(H,36,37). The number of aromatic nitrogens is 4. The molecule has 0 atom stereocenters. The molecule has 1 N–H and O–H groups in total. The monoisotopic (exact) mass is 580 g/mol. The molecule has 8 nitrogen and oxygen atoms in total. The number of pyridine rings is 2. The predicted octanol–water partition coefficient (Wildman–Crippen LogP) is 6.20. The average Bonchev–Trinajstić information content (AvgIpc) is 3.40. The van der Waals surface area contributed by atoms with E-state index in [1.54, 1.807) is 12.4 Å². The number of imidazole rings is 1. The van der Waals surface area contributed by atoms with Crippen LogP contribution in [0, 0.1) is 11.3 Å². The van der Waals surface area contributed by atoms with Gasteiger partial charge in [-0.3, -0.25) is 14.9 Å². The molecule has 0 saturated carbocycles. The van der Waals surface area contributed by atoms with E-state index in [1.165, 1.54) is 11.8 Å². The second-order valence-corrected chi connectivity index (χ2v) is 11.6. The van der Waals surface area contributed by atoms with E-state index in [-0.39, 0.29) is 0 Å². The topological polar surface area (TPSA) is 85.9 Å². The van der Waals surface area contributed by atoms with Gasteiger partial charge in [0.2, 0.25) is 0 Å². The minimum Gasteiger partial charge on any atom is -0.354 e. The average molecular weight is 581 g/mol. The van der Waals surface area contributed by atoms with E-state index in [0.717, 1.165) is 76.2 Å². The van der Waals surface area contributed by atoms with E-state index in [9.17, 15) is 5.26 Å². The number of nitrogens with zero attached hydrogens (tertiary/aromatic N) is 7. The van der Waals surface area contributed by atoms with Crippen LogP contribution in [0.4, 0.5) is 11.4 Å².